The van der Waals surface area contributed by atoms with E-state index in [1.54, 1.807) is 17.1 Å². The predicted octanol–water partition coefficient (Wildman–Crippen LogP) is 1.21. The van der Waals surface area contributed by atoms with Gasteiger partial charge in [-0.3, -0.25) is 9.48 Å². The van der Waals surface area contributed by atoms with Crippen molar-refractivity contribution in [2.75, 3.05) is 5.32 Å². The number of hydrogen-bond donors (Lipinski definition) is 1. The topological polar surface area (TPSA) is 77.6 Å². The minimum Gasteiger partial charge on any atom is -0.324 e. The molecule has 0 unspecified atom stereocenters. The minimum absolute atomic E-state index is 0.0964. The fourth-order valence-electron chi connectivity index (χ4n) is 2.52. The Morgan fingerprint density at radius 3 is 3.10 bits per heavy atom. The lowest BCUT2D eigenvalue weighted by atomic mass is 10.2. The molecule has 7 heteroatoms. The Bertz CT molecular complexity index is 614. The molecular formula is C13H18N6O. The normalized spacial score (nSPS) is 14.7. The first-order valence-electron chi connectivity index (χ1n) is 6.93. The Morgan fingerprint density at radius 1 is 1.35 bits per heavy atom. The SMILES string of the molecule is CC(=O)Nc1cnn(Cc2nnc3n2CCCCC3)c1. The summed E-state index contributed by atoms with van der Waals surface area (Å²) in [6.07, 6.45) is 8.06. The Kier molecular flexibility index (Phi) is 3.49. The van der Waals surface area contributed by atoms with Crippen molar-refractivity contribution in [1.82, 2.24) is 24.5 Å². The van der Waals surface area contributed by atoms with Gasteiger partial charge in [0.15, 0.2) is 5.82 Å². The summed E-state index contributed by atoms with van der Waals surface area (Å²) in [6.45, 7) is 3.04. The number of aromatic nitrogens is 5. The average Bonchev–Trinajstić information content (AvgIpc) is 2.91. The van der Waals surface area contributed by atoms with E-state index in [0.29, 0.717) is 12.2 Å². The molecule has 0 radical (unpaired) electrons. The zero-order valence-corrected chi connectivity index (χ0v) is 11.5. The predicted molar refractivity (Wildman–Crippen MR) is 73.2 cm³/mol. The fraction of sp³-hybridized carbons (Fsp3) is 0.538. The number of carbonyl (C=O) groups is 1. The number of anilines is 1. The Morgan fingerprint density at radius 2 is 2.25 bits per heavy atom. The third kappa shape index (κ3) is 2.71. The second kappa shape index (κ2) is 5.44. The van der Waals surface area contributed by atoms with Gasteiger partial charge in [0.2, 0.25) is 5.91 Å². The summed E-state index contributed by atoms with van der Waals surface area (Å²) >= 11 is 0. The van der Waals surface area contributed by atoms with Gasteiger partial charge in [-0.05, 0) is 12.8 Å². The van der Waals surface area contributed by atoms with Gasteiger partial charge in [0.25, 0.3) is 0 Å². The largest absolute Gasteiger partial charge is 0.324 e. The highest BCUT2D eigenvalue weighted by atomic mass is 16.1. The molecule has 2 aromatic heterocycles. The van der Waals surface area contributed by atoms with E-state index in [1.165, 1.54) is 26.2 Å². The van der Waals surface area contributed by atoms with Crippen LogP contribution < -0.4 is 5.32 Å². The first-order chi connectivity index (χ1) is 9.72. The van der Waals surface area contributed by atoms with Gasteiger partial charge in [-0.1, -0.05) is 6.42 Å². The molecule has 0 fully saturated rings. The van der Waals surface area contributed by atoms with Crippen molar-refractivity contribution in [3.8, 4) is 0 Å². The lowest BCUT2D eigenvalue weighted by Gasteiger charge is -2.06. The van der Waals surface area contributed by atoms with Crippen molar-refractivity contribution in [1.29, 1.82) is 0 Å². The van der Waals surface area contributed by atoms with Gasteiger partial charge in [-0.15, -0.1) is 10.2 Å². The first kappa shape index (κ1) is 12.8. The van der Waals surface area contributed by atoms with Crippen molar-refractivity contribution in [2.45, 2.75) is 45.7 Å². The lowest BCUT2D eigenvalue weighted by Crippen LogP contribution is -2.10. The molecular weight excluding hydrogens is 256 g/mol. The zero-order chi connectivity index (χ0) is 13.9. The number of rotatable bonds is 3. The molecule has 1 aliphatic heterocycles. The number of amides is 1. The minimum atomic E-state index is -0.0964. The third-order valence-corrected chi connectivity index (χ3v) is 3.44. The van der Waals surface area contributed by atoms with Gasteiger partial charge in [0, 0.05) is 26.1 Å². The van der Waals surface area contributed by atoms with Crippen LogP contribution in [0.3, 0.4) is 0 Å². The van der Waals surface area contributed by atoms with Crippen LogP contribution in [0.25, 0.3) is 0 Å². The van der Waals surface area contributed by atoms with Gasteiger partial charge in [0.05, 0.1) is 11.9 Å². The number of aryl methyl sites for hydroxylation is 1. The Hall–Kier alpha value is -2.18. The van der Waals surface area contributed by atoms with E-state index in [1.807, 2.05) is 0 Å². The number of hydrogen-bond acceptors (Lipinski definition) is 4. The number of nitrogens with one attached hydrogen (secondary N) is 1. The molecule has 1 aliphatic rings. The van der Waals surface area contributed by atoms with E-state index >= 15 is 0 Å². The van der Waals surface area contributed by atoms with Crippen molar-refractivity contribution in [3.63, 3.8) is 0 Å². The molecule has 0 atom stereocenters. The molecule has 0 aromatic carbocycles. The van der Waals surface area contributed by atoms with Crippen LogP contribution in [0.15, 0.2) is 12.4 Å². The lowest BCUT2D eigenvalue weighted by molar-refractivity contribution is -0.114. The van der Waals surface area contributed by atoms with Crippen LogP contribution in [0.5, 0.6) is 0 Å². The van der Waals surface area contributed by atoms with Crippen LogP contribution in [-0.4, -0.2) is 30.5 Å². The van der Waals surface area contributed by atoms with E-state index in [4.69, 9.17) is 0 Å². The molecule has 0 aliphatic carbocycles. The molecule has 1 N–H and O–H groups in total. The molecule has 1 amide bonds. The van der Waals surface area contributed by atoms with Gasteiger partial charge in [-0.25, -0.2) is 0 Å². The Balaban J connectivity index is 1.76. The smallest absolute Gasteiger partial charge is 0.221 e. The molecule has 3 rings (SSSR count). The van der Waals surface area contributed by atoms with Crippen LogP contribution in [-0.2, 0) is 24.3 Å². The maximum atomic E-state index is 11.0. The molecule has 0 spiro atoms. The second-order valence-electron chi connectivity index (χ2n) is 5.10. The number of fused-ring (bicyclic) bond motifs is 1. The van der Waals surface area contributed by atoms with Crippen molar-refractivity contribution >= 4 is 11.6 Å². The van der Waals surface area contributed by atoms with Crippen LogP contribution in [0.2, 0.25) is 0 Å². The molecule has 0 saturated carbocycles. The molecule has 20 heavy (non-hydrogen) atoms. The zero-order valence-electron chi connectivity index (χ0n) is 11.5. The Labute approximate surface area is 117 Å². The highest BCUT2D eigenvalue weighted by Crippen LogP contribution is 2.15. The van der Waals surface area contributed by atoms with Gasteiger partial charge < -0.3 is 9.88 Å². The summed E-state index contributed by atoms with van der Waals surface area (Å²) in [5.41, 5.74) is 0.702. The summed E-state index contributed by atoms with van der Waals surface area (Å²) in [5.74, 6) is 1.91. The standard InChI is InChI=1S/C13H18N6O/c1-10(20)15-11-7-14-18(8-11)9-13-17-16-12-5-3-2-4-6-19(12)13/h7-8H,2-6,9H2,1H3,(H,15,20). The monoisotopic (exact) mass is 274 g/mol. The van der Waals surface area contributed by atoms with Crippen LogP contribution in [0.4, 0.5) is 5.69 Å². The molecule has 0 saturated heterocycles. The van der Waals surface area contributed by atoms with E-state index in [9.17, 15) is 4.79 Å². The third-order valence-electron chi connectivity index (χ3n) is 3.44. The highest BCUT2D eigenvalue weighted by molar-refractivity contribution is 5.88. The van der Waals surface area contributed by atoms with E-state index in [-0.39, 0.29) is 5.91 Å². The summed E-state index contributed by atoms with van der Waals surface area (Å²) < 4.78 is 3.97. The maximum absolute atomic E-state index is 11.0. The average molecular weight is 274 g/mol. The van der Waals surface area contributed by atoms with Crippen LogP contribution in [0, 0.1) is 0 Å². The number of carbonyl (C=O) groups excluding carboxylic acids is 1. The molecule has 3 heterocycles. The van der Waals surface area contributed by atoms with Gasteiger partial charge in [-0.2, -0.15) is 5.10 Å². The first-order valence-corrected chi connectivity index (χ1v) is 6.93. The second-order valence-corrected chi connectivity index (χ2v) is 5.10. The molecule has 106 valence electrons. The maximum Gasteiger partial charge on any atom is 0.221 e. The summed E-state index contributed by atoms with van der Waals surface area (Å²) in [6, 6.07) is 0. The highest BCUT2D eigenvalue weighted by Gasteiger charge is 2.15. The van der Waals surface area contributed by atoms with Crippen molar-refractivity contribution in [3.05, 3.63) is 24.0 Å². The van der Waals surface area contributed by atoms with Crippen molar-refractivity contribution < 1.29 is 4.79 Å². The number of nitrogens with zero attached hydrogens (tertiary/aromatic N) is 5. The summed E-state index contributed by atoms with van der Waals surface area (Å²) in [5, 5.41) is 15.5. The van der Waals surface area contributed by atoms with Crippen LogP contribution in [0.1, 0.15) is 37.8 Å². The van der Waals surface area contributed by atoms with E-state index in [0.717, 1.165) is 24.6 Å². The van der Waals surface area contributed by atoms with E-state index < -0.39 is 0 Å². The molecule has 2 aromatic rings. The van der Waals surface area contributed by atoms with Crippen LogP contribution >= 0.6 is 0 Å². The van der Waals surface area contributed by atoms with Gasteiger partial charge in [0.1, 0.15) is 12.4 Å². The fourth-order valence-corrected chi connectivity index (χ4v) is 2.52. The summed E-state index contributed by atoms with van der Waals surface area (Å²) in [7, 11) is 0. The van der Waals surface area contributed by atoms with E-state index in [2.05, 4.69) is 25.2 Å². The summed E-state index contributed by atoms with van der Waals surface area (Å²) in [4.78, 5) is 11.0. The molecule has 7 nitrogen and oxygen atoms in total. The molecule has 0 bridgehead atoms. The quantitative estimate of drug-likeness (QED) is 0.912. The van der Waals surface area contributed by atoms with Crippen molar-refractivity contribution in [2.24, 2.45) is 0 Å². The van der Waals surface area contributed by atoms with Gasteiger partial charge >= 0.3 is 0 Å².